The van der Waals surface area contributed by atoms with Gasteiger partial charge < -0.3 is 19.7 Å². The quantitative estimate of drug-likeness (QED) is 0.918. The summed E-state index contributed by atoms with van der Waals surface area (Å²) in [6.45, 7) is 2.80. The van der Waals surface area contributed by atoms with Crippen molar-refractivity contribution < 1.29 is 23.0 Å². The lowest BCUT2D eigenvalue weighted by molar-refractivity contribution is -0.0652. The number of alkyl halides is 2. The maximum atomic E-state index is 13.5. The maximum Gasteiger partial charge on any atom is 0.317 e. The molecule has 1 aliphatic rings. The molecule has 0 radical (unpaired) electrons. The summed E-state index contributed by atoms with van der Waals surface area (Å²) in [7, 11) is 0. The van der Waals surface area contributed by atoms with Crippen LogP contribution in [-0.2, 0) is 11.3 Å². The molecule has 1 aromatic heterocycles. The van der Waals surface area contributed by atoms with Gasteiger partial charge >= 0.3 is 6.03 Å². The number of carbonyl (C=O) groups is 1. The van der Waals surface area contributed by atoms with Gasteiger partial charge in [-0.2, -0.15) is 0 Å². The molecule has 1 N–H and O–H groups in total. The Morgan fingerprint density at radius 2 is 2.35 bits per heavy atom. The molecule has 0 unspecified atom stereocenters. The number of halogens is 2. The summed E-state index contributed by atoms with van der Waals surface area (Å²) in [6.07, 6.45) is 1.54. The highest BCUT2D eigenvalue weighted by molar-refractivity contribution is 5.74. The van der Waals surface area contributed by atoms with Crippen molar-refractivity contribution in [3.05, 3.63) is 23.9 Å². The lowest BCUT2D eigenvalue weighted by Gasteiger charge is -2.23. The van der Waals surface area contributed by atoms with Crippen LogP contribution in [0.3, 0.4) is 0 Å². The van der Waals surface area contributed by atoms with Gasteiger partial charge in [-0.05, 0) is 19.9 Å². The predicted molar refractivity (Wildman–Crippen MR) is 79.6 cm³/mol. The minimum atomic E-state index is -3.03. The summed E-state index contributed by atoms with van der Waals surface area (Å²) in [4.78, 5) is 17.3. The highest BCUT2D eigenvalue weighted by Crippen LogP contribution is 2.19. The first-order chi connectivity index (χ1) is 10.9. The molecule has 23 heavy (non-hydrogen) atoms. The van der Waals surface area contributed by atoms with Gasteiger partial charge in [-0.25, -0.2) is 18.6 Å². The van der Waals surface area contributed by atoms with Crippen LogP contribution in [-0.4, -0.2) is 54.2 Å². The Labute approximate surface area is 133 Å². The molecule has 8 heteroatoms. The van der Waals surface area contributed by atoms with Gasteiger partial charge in [0.25, 0.3) is 5.92 Å². The van der Waals surface area contributed by atoms with Crippen LogP contribution in [0.25, 0.3) is 0 Å². The van der Waals surface area contributed by atoms with Crippen molar-refractivity contribution >= 4 is 6.03 Å². The Balaban J connectivity index is 1.96. The number of ether oxygens (including phenoxy) is 2. The number of aromatic nitrogens is 1. The molecule has 2 amide bonds. The van der Waals surface area contributed by atoms with Gasteiger partial charge in [-0.1, -0.05) is 6.07 Å². The molecule has 2 heterocycles. The van der Waals surface area contributed by atoms with Crippen LogP contribution in [0.1, 0.15) is 19.4 Å². The topological polar surface area (TPSA) is 63.7 Å². The van der Waals surface area contributed by atoms with E-state index in [1.54, 1.807) is 18.3 Å². The third-order valence-electron chi connectivity index (χ3n) is 3.16. The summed E-state index contributed by atoms with van der Waals surface area (Å²) in [6, 6.07) is 2.93. The Kier molecular flexibility index (Phi) is 5.70. The van der Waals surface area contributed by atoms with Crippen molar-refractivity contribution in [3.8, 4) is 5.88 Å². The molecule has 0 bridgehead atoms. The summed E-state index contributed by atoms with van der Waals surface area (Å²) in [5, 5.41) is 2.63. The van der Waals surface area contributed by atoms with Gasteiger partial charge in [0.2, 0.25) is 5.88 Å². The predicted octanol–water partition coefficient (Wildman–Crippen LogP) is 2.05. The van der Waals surface area contributed by atoms with E-state index < -0.39 is 25.1 Å². The largest absolute Gasteiger partial charge is 0.475 e. The fraction of sp³-hybridized carbons (Fsp3) is 0.600. The van der Waals surface area contributed by atoms with Gasteiger partial charge in [-0.15, -0.1) is 0 Å². The van der Waals surface area contributed by atoms with Gasteiger partial charge in [0.05, 0.1) is 19.3 Å². The number of rotatable bonds is 4. The van der Waals surface area contributed by atoms with Crippen molar-refractivity contribution in [2.45, 2.75) is 32.4 Å². The number of nitrogens with one attached hydrogen (secondary N) is 1. The van der Waals surface area contributed by atoms with Crippen molar-refractivity contribution in [3.63, 3.8) is 0 Å². The third-order valence-corrected chi connectivity index (χ3v) is 3.16. The van der Waals surface area contributed by atoms with Crippen molar-refractivity contribution in [1.82, 2.24) is 15.2 Å². The van der Waals surface area contributed by atoms with Crippen LogP contribution in [0.4, 0.5) is 13.6 Å². The van der Waals surface area contributed by atoms with E-state index in [9.17, 15) is 13.6 Å². The third kappa shape index (κ3) is 5.31. The zero-order valence-electron chi connectivity index (χ0n) is 13.2. The molecule has 0 aromatic carbocycles. The lowest BCUT2D eigenvalue weighted by atomic mass is 10.2. The fourth-order valence-corrected chi connectivity index (χ4v) is 2.14. The molecular weight excluding hydrogens is 308 g/mol. The van der Waals surface area contributed by atoms with E-state index in [4.69, 9.17) is 9.47 Å². The summed E-state index contributed by atoms with van der Waals surface area (Å²) >= 11 is 0. The number of pyridine rings is 1. The average Bonchev–Trinajstić information content (AvgIpc) is 2.66. The first-order valence-corrected chi connectivity index (χ1v) is 7.46. The van der Waals surface area contributed by atoms with E-state index in [0.717, 1.165) is 4.90 Å². The molecular formula is C15H21F2N3O3. The number of amides is 2. The normalized spacial score (nSPS) is 17.7. The highest BCUT2D eigenvalue weighted by Gasteiger charge is 2.36. The number of urea groups is 1. The molecule has 128 valence electrons. The second-order valence-corrected chi connectivity index (χ2v) is 5.62. The standard InChI is InChI=1S/C15H21F2N3O3/c1-11(2)23-13-12(4-3-5-18-13)8-19-14(21)20-6-7-22-10-15(16,17)9-20/h3-5,11H,6-10H2,1-2H3,(H,19,21). The van der Waals surface area contributed by atoms with Crippen LogP contribution < -0.4 is 10.1 Å². The van der Waals surface area contributed by atoms with Gasteiger partial charge in [0.1, 0.15) is 6.61 Å². The molecule has 0 atom stereocenters. The van der Waals surface area contributed by atoms with Crippen molar-refractivity contribution in [1.29, 1.82) is 0 Å². The fourth-order valence-electron chi connectivity index (χ4n) is 2.14. The van der Waals surface area contributed by atoms with E-state index >= 15 is 0 Å². The first kappa shape index (κ1) is 17.4. The molecule has 1 aliphatic heterocycles. The monoisotopic (exact) mass is 329 g/mol. The molecule has 6 nitrogen and oxygen atoms in total. The van der Waals surface area contributed by atoms with Crippen LogP contribution in [0.2, 0.25) is 0 Å². The molecule has 1 saturated heterocycles. The molecule has 1 fully saturated rings. The second-order valence-electron chi connectivity index (χ2n) is 5.62. The van der Waals surface area contributed by atoms with Gasteiger partial charge in [0.15, 0.2) is 0 Å². The van der Waals surface area contributed by atoms with Crippen molar-refractivity contribution in [2.75, 3.05) is 26.3 Å². The Morgan fingerprint density at radius 1 is 1.57 bits per heavy atom. The second kappa shape index (κ2) is 7.54. The van der Waals surface area contributed by atoms with Gasteiger partial charge in [0, 0.05) is 24.8 Å². The lowest BCUT2D eigenvalue weighted by Crippen LogP contribution is -2.45. The van der Waals surface area contributed by atoms with Crippen LogP contribution >= 0.6 is 0 Å². The van der Waals surface area contributed by atoms with Crippen molar-refractivity contribution in [2.24, 2.45) is 0 Å². The number of carbonyl (C=O) groups excluding carboxylic acids is 1. The smallest absolute Gasteiger partial charge is 0.317 e. The minimum Gasteiger partial charge on any atom is -0.475 e. The highest BCUT2D eigenvalue weighted by atomic mass is 19.3. The zero-order valence-corrected chi connectivity index (χ0v) is 13.2. The molecule has 1 aromatic rings. The molecule has 0 saturated carbocycles. The van der Waals surface area contributed by atoms with E-state index in [2.05, 4.69) is 10.3 Å². The first-order valence-electron chi connectivity index (χ1n) is 7.46. The summed E-state index contributed by atoms with van der Waals surface area (Å²) in [5.41, 5.74) is 0.687. The number of hydrogen-bond acceptors (Lipinski definition) is 4. The Bertz CT molecular complexity index is 540. The average molecular weight is 329 g/mol. The van der Waals surface area contributed by atoms with Crippen LogP contribution in [0.5, 0.6) is 5.88 Å². The van der Waals surface area contributed by atoms with E-state index in [-0.39, 0.29) is 25.8 Å². The Hall–Kier alpha value is -1.96. The molecule has 0 spiro atoms. The van der Waals surface area contributed by atoms with Crippen LogP contribution in [0.15, 0.2) is 18.3 Å². The Morgan fingerprint density at radius 3 is 3.09 bits per heavy atom. The van der Waals surface area contributed by atoms with E-state index in [0.29, 0.717) is 11.4 Å². The summed E-state index contributed by atoms with van der Waals surface area (Å²) < 4.78 is 37.3. The van der Waals surface area contributed by atoms with E-state index in [1.165, 1.54) is 0 Å². The minimum absolute atomic E-state index is 0.0548. The number of nitrogens with zero attached hydrogens (tertiary/aromatic N) is 2. The van der Waals surface area contributed by atoms with Gasteiger partial charge in [-0.3, -0.25) is 0 Å². The zero-order chi connectivity index (χ0) is 16.9. The molecule has 0 aliphatic carbocycles. The van der Waals surface area contributed by atoms with E-state index in [1.807, 2.05) is 13.8 Å². The summed E-state index contributed by atoms with van der Waals surface area (Å²) in [5.74, 6) is -2.61. The maximum absolute atomic E-state index is 13.5. The SMILES string of the molecule is CC(C)Oc1ncccc1CNC(=O)N1CCOCC(F)(F)C1. The molecule has 2 rings (SSSR count). The van der Waals surface area contributed by atoms with Crippen LogP contribution in [0, 0.1) is 0 Å². The number of hydrogen-bond donors (Lipinski definition) is 1.